The van der Waals surface area contributed by atoms with Crippen LogP contribution in [0.25, 0.3) is 0 Å². The summed E-state index contributed by atoms with van der Waals surface area (Å²) in [5.41, 5.74) is 3.44. The molecule has 162 valence electrons. The number of piperidine rings is 1. The smallest absolute Gasteiger partial charge is 0.271 e. The van der Waals surface area contributed by atoms with Crippen LogP contribution in [0.5, 0.6) is 0 Å². The lowest BCUT2D eigenvalue weighted by Gasteiger charge is -2.49. The monoisotopic (exact) mass is 401 g/mol. The van der Waals surface area contributed by atoms with Crippen molar-refractivity contribution in [3.63, 3.8) is 0 Å². The van der Waals surface area contributed by atoms with Crippen LogP contribution in [0.1, 0.15) is 86.5 Å². The maximum atomic E-state index is 12.4. The molecule has 2 fully saturated rings. The summed E-state index contributed by atoms with van der Waals surface area (Å²) in [6.07, 6.45) is 14.0. The summed E-state index contributed by atoms with van der Waals surface area (Å²) in [5, 5.41) is 11.4. The first kappa shape index (κ1) is 20.9. The Morgan fingerprint density at radius 2 is 1.86 bits per heavy atom. The van der Waals surface area contributed by atoms with Crippen molar-refractivity contribution in [3.05, 3.63) is 17.0 Å². The van der Waals surface area contributed by atoms with E-state index in [1.54, 1.807) is 7.05 Å². The molecular weight excluding hydrogens is 362 g/mol. The normalized spacial score (nSPS) is 24.8. The van der Waals surface area contributed by atoms with Crippen molar-refractivity contribution < 1.29 is 4.79 Å². The number of aromatic nitrogens is 2. The fourth-order valence-corrected chi connectivity index (χ4v) is 5.94. The molecule has 29 heavy (non-hydrogen) atoms. The molecule has 0 radical (unpaired) electrons. The Morgan fingerprint density at radius 1 is 1.14 bits per heavy atom. The van der Waals surface area contributed by atoms with E-state index in [9.17, 15) is 4.79 Å². The molecule has 1 aromatic heterocycles. The van der Waals surface area contributed by atoms with E-state index in [1.807, 2.05) is 4.68 Å². The lowest BCUT2D eigenvalue weighted by molar-refractivity contribution is 0.0310. The minimum Gasteiger partial charge on any atom is -0.354 e. The first-order chi connectivity index (χ1) is 14.2. The van der Waals surface area contributed by atoms with Crippen LogP contribution < -0.4 is 10.6 Å². The number of amides is 1. The maximum Gasteiger partial charge on any atom is 0.271 e. The summed E-state index contributed by atoms with van der Waals surface area (Å²) in [7, 11) is 1.70. The quantitative estimate of drug-likeness (QED) is 0.769. The summed E-state index contributed by atoms with van der Waals surface area (Å²) >= 11 is 0. The summed E-state index contributed by atoms with van der Waals surface area (Å²) in [4.78, 5) is 15.2. The number of rotatable bonds is 6. The number of aryl methyl sites for hydroxylation is 1. The summed E-state index contributed by atoms with van der Waals surface area (Å²) < 4.78 is 2.03. The van der Waals surface area contributed by atoms with E-state index in [-0.39, 0.29) is 5.91 Å². The number of carbonyl (C=O) groups is 1. The third-order valence-corrected chi connectivity index (χ3v) is 7.62. The van der Waals surface area contributed by atoms with Crippen molar-refractivity contribution in [3.8, 4) is 0 Å². The molecular formula is C23H39N5O. The van der Waals surface area contributed by atoms with Gasteiger partial charge in [0.15, 0.2) is 5.69 Å². The molecule has 1 amide bonds. The predicted molar refractivity (Wildman–Crippen MR) is 116 cm³/mol. The zero-order chi connectivity index (χ0) is 20.3. The minimum atomic E-state index is -0.0498. The summed E-state index contributed by atoms with van der Waals surface area (Å²) in [6.45, 7) is 6.59. The predicted octanol–water partition coefficient (Wildman–Crippen LogP) is 2.90. The lowest BCUT2D eigenvalue weighted by atomic mass is 9.78. The van der Waals surface area contributed by atoms with Gasteiger partial charge in [-0.25, -0.2) is 0 Å². The maximum absolute atomic E-state index is 12.4. The number of hydrogen-bond donors (Lipinski definition) is 2. The van der Waals surface area contributed by atoms with E-state index in [0.29, 0.717) is 17.3 Å². The van der Waals surface area contributed by atoms with Gasteiger partial charge in [-0.2, -0.15) is 5.10 Å². The number of nitrogens with zero attached hydrogens (tertiary/aromatic N) is 3. The molecule has 1 aromatic rings. The molecule has 0 spiro atoms. The van der Waals surface area contributed by atoms with Crippen LogP contribution in [0, 0.1) is 0 Å². The SMILES string of the molecule is CCn1nc(C(=O)NC)c2c1CC[C@H](NCC1(N3CCCCC3)CCCCC1)C2. The Labute approximate surface area is 175 Å². The highest BCUT2D eigenvalue weighted by Gasteiger charge is 2.39. The molecule has 1 saturated carbocycles. The first-order valence-corrected chi connectivity index (χ1v) is 12.0. The Balaban J connectivity index is 1.46. The van der Waals surface area contributed by atoms with Gasteiger partial charge in [0.05, 0.1) is 0 Å². The van der Waals surface area contributed by atoms with Crippen LogP contribution in [-0.2, 0) is 19.4 Å². The fourth-order valence-electron chi connectivity index (χ4n) is 5.94. The molecule has 6 heteroatoms. The van der Waals surface area contributed by atoms with Gasteiger partial charge in [0, 0.05) is 43.0 Å². The average Bonchev–Trinajstić information content (AvgIpc) is 3.16. The molecule has 2 heterocycles. The van der Waals surface area contributed by atoms with Crippen LogP contribution in [0.3, 0.4) is 0 Å². The highest BCUT2D eigenvalue weighted by atomic mass is 16.1. The van der Waals surface area contributed by atoms with E-state index >= 15 is 0 Å². The van der Waals surface area contributed by atoms with Crippen LogP contribution in [0.2, 0.25) is 0 Å². The van der Waals surface area contributed by atoms with Gasteiger partial charge < -0.3 is 10.6 Å². The average molecular weight is 402 g/mol. The molecule has 3 aliphatic rings. The second kappa shape index (κ2) is 9.17. The summed E-state index contributed by atoms with van der Waals surface area (Å²) in [6, 6.07) is 0.448. The topological polar surface area (TPSA) is 62.2 Å². The van der Waals surface area contributed by atoms with Crippen molar-refractivity contribution >= 4 is 5.91 Å². The van der Waals surface area contributed by atoms with E-state index in [0.717, 1.165) is 32.4 Å². The standard InChI is InChI=1S/C23H39N5O/c1-3-28-20-11-10-18(16-19(20)21(26-28)22(29)24-2)25-17-23(12-6-4-7-13-23)27-14-8-5-9-15-27/h18,25H,3-17H2,1-2H3,(H,24,29)/t18-/m0/s1. The van der Waals surface area contributed by atoms with Crippen molar-refractivity contribution in [2.24, 2.45) is 0 Å². The Bertz CT molecular complexity index is 700. The van der Waals surface area contributed by atoms with Crippen LogP contribution in [0.4, 0.5) is 0 Å². The number of fused-ring (bicyclic) bond motifs is 1. The van der Waals surface area contributed by atoms with Crippen LogP contribution in [0.15, 0.2) is 0 Å². The van der Waals surface area contributed by atoms with Crippen LogP contribution in [-0.4, -0.2) is 58.9 Å². The number of nitrogens with one attached hydrogen (secondary N) is 2. The van der Waals surface area contributed by atoms with E-state index in [1.165, 1.54) is 75.7 Å². The Kier molecular flexibility index (Phi) is 6.60. The van der Waals surface area contributed by atoms with Crippen LogP contribution >= 0.6 is 0 Å². The lowest BCUT2D eigenvalue weighted by Crippen LogP contribution is -2.59. The van der Waals surface area contributed by atoms with Crippen molar-refractivity contribution in [2.45, 2.75) is 95.7 Å². The molecule has 2 N–H and O–H groups in total. The zero-order valence-corrected chi connectivity index (χ0v) is 18.4. The van der Waals surface area contributed by atoms with Crippen molar-refractivity contribution in [1.29, 1.82) is 0 Å². The molecule has 1 atom stereocenters. The molecule has 0 unspecified atom stereocenters. The zero-order valence-electron chi connectivity index (χ0n) is 18.4. The van der Waals surface area contributed by atoms with Gasteiger partial charge in [0.25, 0.3) is 5.91 Å². The molecule has 0 aromatic carbocycles. The molecule has 6 nitrogen and oxygen atoms in total. The third-order valence-electron chi connectivity index (χ3n) is 7.62. The largest absolute Gasteiger partial charge is 0.354 e. The second-order valence-corrected chi connectivity index (χ2v) is 9.32. The van der Waals surface area contributed by atoms with Gasteiger partial charge in [-0.15, -0.1) is 0 Å². The van der Waals surface area contributed by atoms with Crippen molar-refractivity contribution in [2.75, 3.05) is 26.7 Å². The van der Waals surface area contributed by atoms with Gasteiger partial charge in [-0.3, -0.25) is 14.4 Å². The highest BCUT2D eigenvalue weighted by molar-refractivity contribution is 5.93. The Morgan fingerprint density at radius 3 is 2.55 bits per heavy atom. The van der Waals surface area contributed by atoms with Gasteiger partial charge in [0.1, 0.15) is 0 Å². The van der Waals surface area contributed by atoms with Crippen molar-refractivity contribution in [1.82, 2.24) is 25.3 Å². The highest BCUT2D eigenvalue weighted by Crippen LogP contribution is 2.35. The number of carbonyl (C=O) groups excluding carboxylic acids is 1. The molecule has 1 saturated heterocycles. The summed E-state index contributed by atoms with van der Waals surface area (Å²) in [5.74, 6) is -0.0498. The molecule has 0 bridgehead atoms. The van der Waals surface area contributed by atoms with Gasteiger partial charge >= 0.3 is 0 Å². The minimum absolute atomic E-state index is 0.0498. The van der Waals surface area contributed by atoms with E-state index < -0.39 is 0 Å². The molecule has 2 aliphatic carbocycles. The van der Waals surface area contributed by atoms with E-state index in [4.69, 9.17) is 0 Å². The van der Waals surface area contributed by atoms with Gasteiger partial charge in [0.2, 0.25) is 0 Å². The van der Waals surface area contributed by atoms with Gasteiger partial charge in [-0.05, 0) is 65.0 Å². The van der Waals surface area contributed by atoms with Gasteiger partial charge in [-0.1, -0.05) is 25.7 Å². The fraction of sp³-hybridized carbons (Fsp3) is 0.826. The molecule has 1 aliphatic heterocycles. The third kappa shape index (κ3) is 4.24. The number of hydrogen-bond acceptors (Lipinski definition) is 4. The second-order valence-electron chi connectivity index (χ2n) is 9.32. The number of likely N-dealkylation sites (tertiary alicyclic amines) is 1. The molecule has 4 rings (SSSR count). The first-order valence-electron chi connectivity index (χ1n) is 12.0. The Hall–Kier alpha value is -1.40. The van der Waals surface area contributed by atoms with E-state index in [2.05, 4.69) is 27.6 Å².